The summed E-state index contributed by atoms with van der Waals surface area (Å²) in [5.74, 6) is 1.12. The number of carbonyl (C=O) groups is 1. The standard InChI is InChI=1S/C15H21BrClNO/c1-3-5-12(8-9-17)10-18-15(19)13-6-4-7-14(16)11(13)2/h4,6-7,12H,3,5,8-10H2,1-2H3,(H,18,19). The highest BCUT2D eigenvalue weighted by atomic mass is 79.9. The van der Waals surface area contributed by atoms with Gasteiger partial charge in [0.05, 0.1) is 0 Å². The maximum Gasteiger partial charge on any atom is 0.251 e. The average molecular weight is 347 g/mol. The smallest absolute Gasteiger partial charge is 0.251 e. The molecule has 0 fully saturated rings. The van der Waals surface area contributed by atoms with Gasteiger partial charge in [-0.2, -0.15) is 0 Å². The zero-order valence-electron chi connectivity index (χ0n) is 11.5. The van der Waals surface area contributed by atoms with Crippen LogP contribution in [0, 0.1) is 12.8 Å². The largest absolute Gasteiger partial charge is 0.352 e. The predicted molar refractivity (Wildman–Crippen MR) is 84.9 cm³/mol. The molecule has 2 nitrogen and oxygen atoms in total. The summed E-state index contributed by atoms with van der Waals surface area (Å²) >= 11 is 9.24. The average Bonchev–Trinajstić information content (AvgIpc) is 2.39. The number of alkyl halides is 1. The summed E-state index contributed by atoms with van der Waals surface area (Å²) in [6.07, 6.45) is 3.17. The van der Waals surface area contributed by atoms with Crippen LogP contribution >= 0.6 is 27.5 Å². The zero-order valence-corrected chi connectivity index (χ0v) is 13.9. The molecule has 4 heteroatoms. The van der Waals surface area contributed by atoms with E-state index in [0.717, 1.165) is 34.9 Å². The van der Waals surface area contributed by atoms with Crippen LogP contribution < -0.4 is 5.32 Å². The maximum atomic E-state index is 12.2. The Bertz CT molecular complexity index is 417. The third-order valence-electron chi connectivity index (χ3n) is 3.28. The molecule has 1 rings (SSSR count). The fourth-order valence-corrected chi connectivity index (χ4v) is 2.77. The van der Waals surface area contributed by atoms with E-state index in [2.05, 4.69) is 28.2 Å². The molecule has 0 aliphatic carbocycles. The van der Waals surface area contributed by atoms with Crippen molar-refractivity contribution in [1.82, 2.24) is 5.32 Å². The molecule has 0 heterocycles. The minimum atomic E-state index is -0.00512. The minimum Gasteiger partial charge on any atom is -0.352 e. The molecule has 0 bridgehead atoms. The van der Waals surface area contributed by atoms with Crippen molar-refractivity contribution in [3.63, 3.8) is 0 Å². The summed E-state index contributed by atoms with van der Waals surface area (Å²) in [7, 11) is 0. The highest BCUT2D eigenvalue weighted by Gasteiger charge is 2.13. The van der Waals surface area contributed by atoms with Crippen LogP contribution in [0.3, 0.4) is 0 Å². The van der Waals surface area contributed by atoms with Gasteiger partial charge in [-0.3, -0.25) is 4.79 Å². The fourth-order valence-electron chi connectivity index (χ4n) is 2.10. The molecule has 1 N–H and O–H groups in total. The summed E-state index contributed by atoms with van der Waals surface area (Å²) in [5, 5.41) is 3.02. The molecule has 0 aliphatic rings. The van der Waals surface area contributed by atoms with Gasteiger partial charge in [0.25, 0.3) is 5.91 Å². The van der Waals surface area contributed by atoms with Gasteiger partial charge >= 0.3 is 0 Å². The Morgan fingerprint density at radius 2 is 2.16 bits per heavy atom. The van der Waals surface area contributed by atoms with E-state index in [1.807, 2.05) is 25.1 Å². The van der Waals surface area contributed by atoms with Crippen molar-refractivity contribution in [3.05, 3.63) is 33.8 Å². The third-order valence-corrected chi connectivity index (χ3v) is 4.36. The molecule has 0 saturated carbocycles. The van der Waals surface area contributed by atoms with Crippen LogP contribution in [0.4, 0.5) is 0 Å². The van der Waals surface area contributed by atoms with Crippen LogP contribution in [-0.2, 0) is 0 Å². The molecule has 1 unspecified atom stereocenters. The van der Waals surface area contributed by atoms with Crippen LogP contribution in [0.25, 0.3) is 0 Å². The molecular weight excluding hydrogens is 326 g/mol. The maximum absolute atomic E-state index is 12.2. The SMILES string of the molecule is CCCC(CCCl)CNC(=O)c1cccc(Br)c1C. The van der Waals surface area contributed by atoms with Gasteiger partial charge in [0.1, 0.15) is 0 Å². The lowest BCUT2D eigenvalue weighted by Gasteiger charge is -2.16. The molecule has 19 heavy (non-hydrogen) atoms. The Morgan fingerprint density at radius 3 is 2.79 bits per heavy atom. The van der Waals surface area contributed by atoms with Gasteiger partial charge in [-0.1, -0.05) is 35.3 Å². The lowest BCUT2D eigenvalue weighted by Crippen LogP contribution is -2.30. The van der Waals surface area contributed by atoms with Gasteiger partial charge in [0.15, 0.2) is 0 Å². The van der Waals surface area contributed by atoms with Crippen molar-refractivity contribution in [1.29, 1.82) is 0 Å². The molecule has 1 aromatic rings. The van der Waals surface area contributed by atoms with Gasteiger partial charge in [-0.05, 0) is 43.4 Å². The summed E-state index contributed by atoms with van der Waals surface area (Å²) < 4.78 is 0.964. The van der Waals surface area contributed by atoms with E-state index in [-0.39, 0.29) is 5.91 Å². The summed E-state index contributed by atoms with van der Waals surface area (Å²) in [5.41, 5.74) is 1.71. The second-order valence-electron chi connectivity index (χ2n) is 4.75. The molecule has 0 radical (unpaired) electrons. The van der Waals surface area contributed by atoms with E-state index in [9.17, 15) is 4.79 Å². The van der Waals surface area contributed by atoms with Crippen molar-refractivity contribution < 1.29 is 4.79 Å². The molecule has 0 aliphatic heterocycles. The first-order chi connectivity index (χ1) is 9.10. The highest BCUT2D eigenvalue weighted by molar-refractivity contribution is 9.10. The summed E-state index contributed by atoms with van der Waals surface area (Å²) in [6, 6.07) is 5.68. The number of amides is 1. The quantitative estimate of drug-likeness (QED) is 0.722. The summed E-state index contributed by atoms with van der Waals surface area (Å²) in [6.45, 7) is 4.80. The Hall–Kier alpha value is -0.540. The van der Waals surface area contributed by atoms with Gasteiger partial charge in [-0.25, -0.2) is 0 Å². The topological polar surface area (TPSA) is 29.1 Å². The highest BCUT2D eigenvalue weighted by Crippen LogP contribution is 2.19. The third kappa shape index (κ3) is 5.15. The molecule has 0 aromatic heterocycles. The van der Waals surface area contributed by atoms with E-state index < -0.39 is 0 Å². The minimum absolute atomic E-state index is 0.00512. The van der Waals surface area contributed by atoms with E-state index >= 15 is 0 Å². The van der Waals surface area contributed by atoms with E-state index in [1.54, 1.807) is 0 Å². The summed E-state index contributed by atoms with van der Waals surface area (Å²) in [4.78, 5) is 12.2. The molecule has 1 aromatic carbocycles. The van der Waals surface area contributed by atoms with Crippen molar-refractivity contribution in [3.8, 4) is 0 Å². The Balaban J connectivity index is 2.61. The van der Waals surface area contributed by atoms with Crippen LogP contribution in [0.2, 0.25) is 0 Å². The van der Waals surface area contributed by atoms with Gasteiger partial charge < -0.3 is 5.32 Å². The molecule has 0 saturated heterocycles. The number of nitrogens with one attached hydrogen (secondary N) is 1. The fraction of sp³-hybridized carbons (Fsp3) is 0.533. The number of halogens is 2. The predicted octanol–water partition coefficient (Wildman–Crippen LogP) is 4.53. The molecule has 0 spiro atoms. The number of carbonyl (C=O) groups excluding carboxylic acids is 1. The second-order valence-corrected chi connectivity index (χ2v) is 5.99. The van der Waals surface area contributed by atoms with Gasteiger partial charge in [0.2, 0.25) is 0 Å². The Morgan fingerprint density at radius 1 is 1.42 bits per heavy atom. The number of rotatable bonds is 7. The molecule has 1 amide bonds. The zero-order chi connectivity index (χ0) is 14.3. The Labute approximate surface area is 129 Å². The monoisotopic (exact) mass is 345 g/mol. The van der Waals surface area contributed by atoms with E-state index in [4.69, 9.17) is 11.6 Å². The Kier molecular flexibility index (Phi) is 7.47. The number of hydrogen-bond acceptors (Lipinski definition) is 1. The first kappa shape index (κ1) is 16.5. The number of hydrogen-bond donors (Lipinski definition) is 1. The van der Waals surface area contributed by atoms with Crippen LogP contribution in [-0.4, -0.2) is 18.3 Å². The van der Waals surface area contributed by atoms with Crippen LogP contribution in [0.15, 0.2) is 22.7 Å². The van der Waals surface area contributed by atoms with Crippen molar-refractivity contribution in [2.75, 3.05) is 12.4 Å². The molecule has 106 valence electrons. The lowest BCUT2D eigenvalue weighted by atomic mass is 10.0. The van der Waals surface area contributed by atoms with E-state index in [0.29, 0.717) is 18.3 Å². The van der Waals surface area contributed by atoms with Crippen molar-refractivity contribution in [2.45, 2.75) is 33.1 Å². The van der Waals surface area contributed by atoms with Gasteiger partial charge in [-0.15, -0.1) is 11.6 Å². The second kappa shape index (κ2) is 8.60. The molecule has 1 atom stereocenters. The normalized spacial score (nSPS) is 12.2. The van der Waals surface area contributed by atoms with Gasteiger partial charge in [0, 0.05) is 22.5 Å². The molecular formula is C15H21BrClNO. The van der Waals surface area contributed by atoms with Crippen LogP contribution in [0.1, 0.15) is 42.1 Å². The van der Waals surface area contributed by atoms with E-state index in [1.165, 1.54) is 0 Å². The lowest BCUT2D eigenvalue weighted by molar-refractivity contribution is 0.0945. The first-order valence-electron chi connectivity index (χ1n) is 6.69. The van der Waals surface area contributed by atoms with Crippen molar-refractivity contribution in [2.24, 2.45) is 5.92 Å². The number of benzene rings is 1. The van der Waals surface area contributed by atoms with Crippen LogP contribution in [0.5, 0.6) is 0 Å². The first-order valence-corrected chi connectivity index (χ1v) is 8.02. The van der Waals surface area contributed by atoms with Crippen molar-refractivity contribution >= 4 is 33.4 Å².